The van der Waals surface area contributed by atoms with Gasteiger partial charge in [-0.15, -0.1) is 0 Å². The van der Waals surface area contributed by atoms with E-state index in [9.17, 15) is 0 Å². The van der Waals surface area contributed by atoms with Crippen molar-refractivity contribution in [2.45, 2.75) is 64.2 Å². The van der Waals surface area contributed by atoms with Crippen LogP contribution in [0.5, 0.6) is 0 Å². The Morgan fingerprint density at radius 2 is 2.26 bits per heavy atom. The van der Waals surface area contributed by atoms with E-state index in [0.717, 1.165) is 25.6 Å². The standard InChI is InChI=1S/C15H26N4/c1-2-3-12-4-5-13(16)14(10-12)19-9-8-18-7-6-17-15(18)11-19/h6-7,12-14H,2-5,8-11,16H2,1H3. The molecule has 2 heterocycles. The summed E-state index contributed by atoms with van der Waals surface area (Å²) in [6.45, 7) is 5.46. The first-order valence-corrected chi connectivity index (χ1v) is 7.77. The Labute approximate surface area is 116 Å². The fourth-order valence-electron chi connectivity index (χ4n) is 3.82. The second-order valence-electron chi connectivity index (χ2n) is 6.21. The van der Waals surface area contributed by atoms with Gasteiger partial charge in [-0.05, 0) is 25.2 Å². The predicted molar refractivity (Wildman–Crippen MR) is 76.6 cm³/mol. The summed E-state index contributed by atoms with van der Waals surface area (Å²) in [5.41, 5.74) is 6.39. The van der Waals surface area contributed by atoms with Crippen LogP contribution in [0.3, 0.4) is 0 Å². The van der Waals surface area contributed by atoms with Gasteiger partial charge in [-0.2, -0.15) is 0 Å². The van der Waals surface area contributed by atoms with Crippen LogP contribution < -0.4 is 5.73 Å². The Hall–Kier alpha value is -0.870. The van der Waals surface area contributed by atoms with Crippen LogP contribution >= 0.6 is 0 Å². The average Bonchev–Trinajstić information content (AvgIpc) is 2.88. The highest BCUT2D eigenvalue weighted by atomic mass is 15.3. The van der Waals surface area contributed by atoms with Gasteiger partial charge in [-0.3, -0.25) is 4.90 Å². The van der Waals surface area contributed by atoms with Crippen molar-refractivity contribution in [1.29, 1.82) is 0 Å². The third kappa shape index (κ3) is 2.70. The number of imidazole rings is 1. The molecular formula is C15H26N4. The van der Waals surface area contributed by atoms with E-state index in [4.69, 9.17) is 5.73 Å². The summed E-state index contributed by atoms with van der Waals surface area (Å²) in [5, 5.41) is 0. The summed E-state index contributed by atoms with van der Waals surface area (Å²) in [7, 11) is 0. The minimum atomic E-state index is 0.356. The largest absolute Gasteiger partial charge is 0.333 e. The Bertz CT molecular complexity index is 414. The summed E-state index contributed by atoms with van der Waals surface area (Å²) in [6, 6.07) is 0.922. The molecule has 0 amide bonds. The van der Waals surface area contributed by atoms with E-state index in [2.05, 4.69) is 27.6 Å². The smallest absolute Gasteiger partial charge is 0.122 e. The Balaban J connectivity index is 1.67. The number of aromatic nitrogens is 2. The summed E-state index contributed by atoms with van der Waals surface area (Å²) in [6.07, 6.45) is 10.5. The lowest BCUT2D eigenvalue weighted by Gasteiger charge is -2.42. The monoisotopic (exact) mass is 262 g/mol. The van der Waals surface area contributed by atoms with Crippen molar-refractivity contribution in [3.63, 3.8) is 0 Å². The number of rotatable bonds is 3. The highest BCUT2D eigenvalue weighted by Gasteiger charge is 2.33. The van der Waals surface area contributed by atoms with Crippen molar-refractivity contribution in [2.75, 3.05) is 6.54 Å². The third-order valence-electron chi connectivity index (χ3n) is 4.92. The van der Waals surface area contributed by atoms with E-state index in [1.165, 1.54) is 37.9 Å². The van der Waals surface area contributed by atoms with Gasteiger partial charge in [0.1, 0.15) is 5.82 Å². The second-order valence-corrected chi connectivity index (χ2v) is 6.21. The summed E-state index contributed by atoms with van der Waals surface area (Å²) in [5.74, 6) is 2.09. The molecule has 3 rings (SSSR count). The quantitative estimate of drug-likeness (QED) is 0.906. The van der Waals surface area contributed by atoms with Crippen LogP contribution in [0.25, 0.3) is 0 Å². The van der Waals surface area contributed by atoms with Gasteiger partial charge in [0.2, 0.25) is 0 Å². The van der Waals surface area contributed by atoms with Gasteiger partial charge < -0.3 is 10.3 Å². The molecule has 1 aliphatic heterocycles. The maximum atomic E-state index is 6.39. The van der Waals surface area contributed by atoms with Crippen LogP contribution in [-0.2, 0) is 13.1 Å². The maximum absolute atomic E-state index is 6.39. The summed E-state index contributed by atoms with van der Waals surface area (Å²) >= 11 is 0. The van der Waals surface area contributed by atoms with Crippen LogP contribution in [0.1, 0.15) is 44.9 Å². The predicted octanol–water partition coefficient (Wildman–Crippen LogP) is 1.99. The van der Waals surface area contributed by atoms with E-state index in [1.807, 2.05) is 6.20 Å². The van der Waals surface area contributed by atoms with Gasteiger partial charge in [0, 0.05) is 37.6 Å². The number of nitrogens with two attached hydrogens (primary N) is 1. The van der Waals surface area contributed by atoms with Gasteiger partial charge >= 0.3 is 0 Å². The molecule has 0 radical (unpaired) electrons. The fourth-order valence-corrected chi connectivity index (χ4v) is 3.82. The molecule has 1 saturated carbocycles. The lowest BCUT2D eigenvalue weighted by atomic mass is 9.79. The van der Waals surface area contributed by atoms with Crippen molar-refractivity contribution in [3.05, 3.63) is 18.2 Å². The molecule has 4 heteroatoms. The van der Waals surface area contributed by atoms with Crippen LogP contribution in [0.15, 0.2) is 12.4 Å². The molecule has 0 aromatic carbocycles. The molecule has 1 fully saturated rings. The van der Waals surface area contributed by atoms with Gasteiger partial charge in [-0.25, -0.2) is 4.98 Å². The molecule has 0 spiro atoms. The minimum absolute atomic E-state index is 0.356. The number of hydrogen-bond acceptors (Lipinski definition) is 3. The molecule has 3 atom stereocenters. The normalized spacial score (nSPS) is 32.2. The number of fused-ring (bicyclic) bond motifs is 1. The topological polar surface area (TPSA) is 47.1 Å². The third-order valence-corrected chi connectivity index (χ3v) is 4.92. The van der Waals surface area contributed by atoms with Crippen molar-refractivity contribution in [2.24, 2.45) is 11.7 Å². The summed E-state index contributed by atoms with van der Waals surface area (Å²) < 4.78 is 2.27. The van der Waals surface area contributed by atoms with Crippen molar-refractivity contribution < 1.29 is 0 Å². The van der Waals surface area contributed by atoms with Crippen molar-refractivity contribution in [3.8, 4) is 0 Å². The fraction of sp³-hybridized carbons (Fsp3) is 0.800. The SMILES string of the molecule is CCCC1CCC(N)C(N2CCn3ccnc3C2)C1. The molecule has 2 aliphatic rings. The lowest BCUT2D eigenvalue weighted by molar-refractivity contribution is 0.0826. The Kier molecular flexibility index (Phi) is 3.89. The Morgan fingerprint density at radius 1 is 1.37 bits per heavy atom. The highest BCUT2D eigenvalue weighted by Crippen LogP contribution is 2.31. The maximum Gasteiger partial charge on any atom is 0.122 e. The molecule has 2 N–H and O–H groups in total. The molecule has 1 aromatic rings. The minimum Gasteiger partial charge on any atom is -0.333 e. The van der Waals surface area contributed by atoms with E-state index < -0.39 is 0 Å². The van der Waals surface area contributed by atoms with Crippen LogP contribution in [0.4, 0.5) is 0 Å². The van der Waals surface area contributed by atoms with Crippen LogP contribution in [-0.4, -0.2) is 33.1 Å². The van der Waals surface area contributed by atoms with Gasteiger partial charge in [0.05, 0.1) is 6.54 Å². The zero-order chi connectivity index (χ0) is 13.2. The van der Waals surface area contributed by atoms with Crippen molar-refractivity contribution >= 4 is 0 Å². The van der Waals surface area contributed by atoms with Crippen molar-refractivity contribution in [1.82, 2.24) is 14.5 Å². The molecule has 19 heavy (non-hydrogen) atoms. The van der Waals surface area contributed by atoms with E-state index >= 15 is 0 Å². The molecule has 0 bridgehead atoms. The zero-order valence-electron chi connectivity index (χ0n) is 12.0. The first-order valence-electron chi connectivity index (χ1n) is 7.77. The Morgan fingerprint density at radius 3 is 3.11 bits per heavy atom. The molecule has 1 aliphatic carbocycles. The molecule has 0 saturated heterocycles. The molecular weight excluding hydrogens is 236 g/mol. The number of hydrogen-bond donors (Lipinski definition) is 1. The zero-order valence-corrected chi connectivity index (χ0v) is 12.0. The van der Waals surface area contributed by atoms with Crippen LogP contribution in [0.2, 0.25) is 0 Å². The first-order chi connectivity index (χ1) is 9.28. The van der Waals surface area contributed by atoms with Gasteiger partial charge in [0.25, 0.3) is 0 Å². The molecule has 1 aromatic heterocycles. The van der Waals surface area contributed by atoms with Gasteiger partial charge in [0.15, 0.2) is 0 Å². The average molecular weight is 262 g/mol. The molecule has 106 valence electrons. The molecule has 4 nitrogen and oxygen atoms in total. The second kappa shape index (κ2) is 5.63. The number of nitrogens with zero attached hydrogens (tertiary/aromatic N) is 3. The van der Waals surface area contributed by atoms with Gasteiger partial charge in [-0.1, -0.05) is 19.8 Å². The molecule has 3 unspecified atom stereocenters. The lowest BCUT2D eigenvalue weighted by Crippen LogP contribution is -2.53. The van der Waals surface area contributed by atoms with E-state index in [0.29, 0.717) is 12.1 Å². The highest BCUT2D eigenvalue weighted by molar-refractivity contribution is 4.99. The first kappa shape index (κ1) is 13.1. The summed E-state index contributed by atoms with van der Waals surface area (Å²) in [4.78, 5) is 7.04. The van der Waals surface area contributed by atoms with E-state index in [-0.39, 0.29) is 0 Å². The van der Waals surface area contributed by atoms with E-state index in [1.54, 1.807) is 0 Å². The van der Waals surface area contributed by atoms with Crippen LogP contribution in [0, 0.1) is 5.92 Å².